The van der Waals surface area contributed by atoms with E-state index in [1.165, 1.54) is 24.0 Å². The van der Waals surface area contributed by atoms with Gasteiger partial charge in [-0.05, 0) is 42.3 Å². The fourth-order valence-electron chi connectivity index (χ4n) is 2.75. The van der Waals surface area contributed by atoms with Gasteiger partial charge in [-0.3, -0.25) is 0 Å². The van der Waals surface area contributed by atoms with Crippen molar-refractivity contribution in [3.05, 3.63) is 35.4 Å². The van der Waals surface area contributed by atoms with Crippen molar-refractivity contribution in [2.45, 2.75) is 39.7 Å². The standard InChI is InChI=1S/C15H23N/c1-15(2,3)12-9-11-7-5-6-8-13(11)14(10-12)16-4/h5-8,12,14,16H,9-10H2,1-4H3. The number of hydrogen-bond donors (Lipinski definition) is 1. The third-order valence-electron chi connectivity index (χ3n) is 3.99. The molecule has 0 radical (unpaired) electrons. The van der Waals surface area contributed by atoms with Gasteiger partial charge in [-0.1, -0.05) is 45.0 Å². The molecule has 0 aromatic heterocycles. The lowest BCUT2D eigenvalue weighted by molar-refractivity contribution is 0.193. The van der Waals surface area contributed by atoms with Crippen LogP contribution >= 0.6 is 0 Å². The number of hydrogen-bond acceptors (Lipinski definition) is 1. The van der Waals surface area contributed by atoms with Crippen LogP contribution < -0.4 is 5.32 Å². The zero-order valence-electron chi connectivity index (χ0n) is 10.9. The summed E-state index contributed by atoms with van der Waals surface area (Å²) in [6, 6.07) is 9.42. The van der Waals surface area contributed by atoms with Crippen LogP contribution in [0.1, 0.15) is 44.4 Å². The Morgan fingerprint density at radius 2 is 1.88 bits per heavy atom. The van der Waals surface area contributed by atoms with Gasteiger partial charge in [-0.2, -0.15) is 0 Å². The van der Waals surface area contributed by atoms with Crippen LogP contribution in [0.2, 0.25) is 0 Å². The van der Waals surface area contributed by atoms with Gasteiger partial charge < -0.3 is 5.32 Å². The smallest absolute Gasteiger partial charge is 0.0323 e. The predicted octanol–water partition coefficient (Wildman–Crippen LogP) is 3.56. The molecule has 2 unspecified atom stereocenters. The van der Waals surface area contributed by atoms with Gasteiger partial charge in [0.15, 0.2) is 0 Å². The molecule has 0 aliphatic heterocycles. The second kappa shape index (κ2) is 4.21. The van der Waals surface area contributed by atoms with E-state index in [0.29, 0.717) is 11.5 Å². The molecule has 1 aromatic carbocycles. The van der Waals surface area contributed by atoms with Crippen molar-refractivity contribution in [3.63, 3.8) is 0 Å². The van der Waals surface area contributed by atoms with Gasteiger partial charge in [-0.25, -0.2) is 0 Å². The molecule has 0 bridgehead atoms. The summed E-state index contributed by atoms with van der Waals surface area (Å²) in [5.74, 6) is 0.778. The van der Waals surface area contributed by atoms with Crippen LogP contribution in [0.5, 0.6) is 0 Å². The van der Waals surface area contributed by atoms with Crippen LogP contribution in [0.4, 0.5) is 0 Å². The molecule has 88 valence electrons. The Balaban J connectivity index is 2.32. The molecule has 0 fully saturated rings. The summed E-state index contributed by atoms with van der Waals surface area (Å²) in [7, 11) is 2.08. The highest BCUT2D eigenvalue weighted by Gasteiger charge is 2.32. The average Bonchev–Trinajstić information content (AvgIpc) is 2.26. The molecule has 1 aliphatic rings. The van der Waals surface area contributed by atoms with Crippen LogP contribution in [0, 0.1) is 11.3 Å². The molecule has 0 amide bonds. The second-order valence-corrected chi connectivity index (χ2v) is 6.04. The van der Waals surface area contributed by atoms with Gasteiger partial charge in [0.1, 0.15) is 0 Å². The highest BCUT2D eigenvalue weighted by Crippen LogP contribution is 2.41. The first-order valence-corrected chi connectivity index (χ1v) is 6.27. The van der Waals surface area contributed by atoms with Crippen LogP contribution in [0.25, 0.3) is 0 Å². The van der Waals surface area contributed by atoms with Crippen molar-refractivity contribution in [3.8, 4) is 0 Å². The topological polar surface area (TPSA) is 12.0 Å². The quantitative estimate of drug-likeness (QED) is 0.758. The third kappa shape index (κ3) is 2.15. The van der Waals surface area contributed by atoms with Crippen molar-refractivity contribution in [1.82, 2.24) is 5.32 Å². The van der Waals surface area contributed by atoms with E-state index >= 15 is 0 Å². The van der Waals surface area contributed by atoms with E-state index in [1.807, 2.05) is 0 Å². The summed E-state index contributed by atoms with van der Waals surface area (Å²) in [5.41, 5.74) is 3.45. The van der Waals surface area contributed by atoms with Gasteiger partial charge in [-0.15, -0.1) is 0 Å². The lowest BCUT2D eigenvalue weighted by Crippen LogP contribution is -2.33. The molecule has 1 aliphatic carbocycles. The molecular weight excluding hydrogens is 194 g/mol. The first kappa shape index (κ1) is 11.7. The van der Waals surface area contributed by atoms with E-state index in [1.54, 1.807) is 0 Å². The van der Waals surface area contributed by atoms with E-state index < -0.39 is 0 Å². The Morgan fingerprint density at radius 1 is 1.19 bits per heavy atom. The van der Waals surface area contributed by atoms with E-state index in [2.05, 4.69) is 57.4 Å². The molecule has 0 spiro atoms. The van der Waals surface area contributed by atoms with E-state index in [9.17, 15) is 0 Å². The van der Waals surface area contributed by atoms with E-state index in [-0.39, 0.29) is 0 Å². The lowest BCUT2D eigenvalue weighted by Gasteiger charge is -2.38. The molecule has 2 rings (SSSR count). The summed E-state index contributed by atoms with van der Waals surface area (Å²) < 4.78 is 0. The van der Waals surface area contributed by atoms with Gasteiger partial charge >= 0.3 is 0 Å². The molecular formula is C15H23N. The van der Waals surface area contributed by atoms with Crippen molar-refractivity contribution >= 4 is 0 Å². The summed E-state index contributed by atoms with van der Waals surface area (Å²) in [6.45, 7) is 7.08. The number of benzene rings is 1. The number of fused-ring (bicyclic) bond motifs is 1. The molecule has 1 heteroatoms. The Bertz CT molecular complexity index is 362. The lowest BCUT2D eigenvalue weighted by atomic mass is 9.69. The summed E-state index contributed by atoms with van der Waals surface area (Å²) >= 11 is 0. The van der Waals surface area contributed by atoms with E-state index in [4.69, 9.17) is 0 Å². The molecule has 0 heterocycles. The molecule has 0 saturated carbocycles. The zero-order chi connectivity index (χ0) is 11.8. The molecule has 1 aromatic rings. The maximum Gasteiger partial charge on any atom is 0.0323 e. The highest BCUT2D eigenvalue weighted by molar-refractivity contribution is 5.33. The summed E-state index contributed by atoms with van der Waals surface area (Å²) in [6.07, 6.45) is 2.49. The third-order valence-corrected chi connectivity index (χ3v) is 3.99. The molecule has 1 N–H and O–H groups in total. The van der Waals surface area contributed by atoms with Gasteiger partial charge in [0.05, 0.1) is 0 Å². The van der Waals surface area contributed by atoms with Gasteiger partial charge in [0.25, 0.3) is 0 Å². The van der Waals surface area contributed by atoms with E-state index in [0.717, 1.165) is 5.92 Å². The molecule has 2 atom stereocenters. The van der Waals surface area contributed by atoms with Crippen LogP contribution in [0.15, 0.2) is 24.3 Å². The predicted molar refractivity (Wildman–Crippen MR) is 69.5 cm³/mol. The van der Waals surface area contributed by atoms with Crippen molar-refractivity contribution in [2.24, 2.45) is 11.3 Å². The molecule has 1 nitrogen and oxygen atoms in total. The Hall–Kier alpha value is -0.820. The van der Waals surface area contributed by atoms with Crippen molar-refractivity contribution in [1.29, 1.82) is 0 Å². The fourth-order valence-corrected chi connectivity index (χ4v) is 2.75. The average molecular weight is 217 g/mol. The van der Waals surface area contributed by atoms with Gasteiger partial charge in [0, 0.05) is 6.04 Å². The summed E-state index contributed by atoms with van der Waals surface area (Å²) in [5, 5.41) is 3.46. The maximum absolute atomic E-state index is 3.46. The van der Waals surface area contributed by atoms with Crippen LogP contribution in [0.3, 0.4) is 0 Å². The Labute approximate surface area is 99.3 Å². The van der Waals surface area contributed by atoms with Crippen LogP contribution in [-0.4, -0.2) is 7.05 Å². The van der Waals surface area contributed by atoms with Gasteiger partial charge in [0.2, 0.25) is 0 Å². The van der Waals surface area contributed by atoms with Crippen molar-refractivity contribution < 1.29 is 0 Å². The summed E-state index contributed by atoms with van der Waals surface area (Å²) in [4.78, 5) is 0. The minimum absolute atomic E-state index is 0.405. The Morgan fingerprint density at radius 3 is 2.50 bits per heavy atom. The SMILES string of the molecule is CNC1CC(C(C)(C)C)Cc2ccccc21. The maximum atomic E-state index is 3.46. The van der Waals surface area contributed by atoms with Crippen molar-refractivity contribution in [2.75, 3.05) is 7.05 Å². The largest absolute Gasteiger partial charge is 0.313 e. The Kier molecular flexibility index (Phi) is 3.07. The normalized spacial score (nSPS) is 25.2. The molecule has 16 heavy (non-hydrogen) atoms. The fraction of sp³-hybridized carbons (Fsp3) is 0.600. The zero-order valence-corrected chi connectivity index (χ0v) is 10.9. The molecule has 0 saturated heterocycles. The van der Waals surface area contributed by atoms with Crippen LogP contribution in [-0.2, 0) is 6.42 Å². The first-order valence-electron chi connectivity index (χ1n) is 6.27. The minimum Gasteiger partial charge on any atom is -0.313 e. The number of rotatable bonds is 1. The number of nitrogens with one attached hydrogen (secondary N) is 1. The minimum atomic E-state index is 0.405. The second-order valence-electron chi connectivity index (χ2n) is 6.04. The first-order chi connectivity index (χ1) is 7.52. The highest BCUT2D eigenvalue weighted by atomic mass is 14.9. The monoisotopic (exact) mass is 217 g/mol.